The lowest BCUT2D eigenvalue weighted by atomic mass is 10.1. The van der Waals surface area contributed by atoms with E-state index in [9.17, 15) is 8.42 Å². The first-order valence-corrected chi connectivity index (χ1v) is 8.75. The van der Waals surface area contributed by atoms with Crippen LogP contribution in [0.15, 0.2) is 12.1 Å². The molecule has 0 saturated heterocycles. The molecule has 6 heteroatoms. The van der Waals surface area contributed by atoms with Crippen molar-refractivity contribution < 1.29 is 13.2 Å². The molecule has 0 bridgehead atoms. The molecule has 1 unspecified atom stereocenters. The van der Waals surface area contributed by atoms with Crippen LogP contribution in [0.1, 0.15) is 39.1 Å². The minimum absolute atomic E-state index is 0.0119. The summed E-state index contributed by atoms with van der Waals surface area (Å²) < 4.78 is 28.9. The summed E-state index contributed by atoms with van der Waals surface area (Å²) in [5.74, 6) is 0.601. The summed E-state index contributed by atoms with van der Waals surface area (Å²) in [6.07, 6.45) is 0.600. The summed E-state index contributed by atoms with van der Waals surface area (Å²) in [6.45, 7) is 9.00. The average molecular weight is 314 g/mol. The van der Waals surface area contributed by atoms with Gasteiger partial charge in [-0.05, 0) is 46.8 Å². The van der Waals surface area contributed by atoms with Crippen LogP contribution in [0, 0.1) is 6.92 Å². The summed E-state index contributed by atoms with van der Waals surface area (Å²) in [4.78, 5) is 4.42. The number of hydrogen-bond donors (Lipinski definition) is 1. The second-order valence-electron chi connectivity index (χ2n) is 6.36. The molecule has 0 aliphatic carbocycles. The van der Waals surface area contributed by atoms with E-state index in [1.165, 1.54) is 0 Å². The molecular weight excluding hydrogens is 288 g/mol. The van der Waals surface area contributed by atoms with E-state index >= 15 is 0 Å². The zero-order valence-corrected chi connectivity index (χ0v) is 14.3. The van der Waals surface area contributed by atoms with Gasteiger partial charge in [0.25, 0.3) is 0 Å². The molecule has 120 valence electrons. The number of hydrogen-bond acceptors (Lipinski definition) is 5. The lowest BCUT2D eigenvalue weighted by Crippen LogP contribution is -2.32. The van der Waals surface area contributed by atoms with Crippen LogP contribution < -0.4 is 10.5 Å². The van der Waals surface area contributed by atoms with E-state index in [0.29, 0.717) is 12.2 Å². The van der Waals surface area contributed by atoms with Crippen molar-refractivity contribution in [3.05, 3.63) is 23.5 Å². The predicted octanol–water partition coefficient (Wildman–Crippen LogP) is 1.87. The molecule has 0 amide bonds. The number of rotatable bonds is 6. The maximum absolute atomic E-state index is 12.0. The molecule has 0 spiro atoms. The van der Waals surface area contributed by atoms with Gasteiger partial charge >= 0.3 is 0 Å². The number of sulfone groups is 1. The van der Waals surface area contributed by atoms with E-state index in [2.05, 4.69) is 4.98 Å². The highest BCUT2D eigenvalue weighted by atomic mass is 32.2. The van der Waals surface area contributed by atoms with Crippen molar-refractivity contribution in [2.45, 2.75) is 51.8 Å². The van der Waals surface area contributed by atoms with E-state index in [4.69, 9.17) is 10.5 Å². The Morgan fingerprint density at radius 1 is 1.33 bits per heavy atom. The van der Waals surface area contributed by atoms with Gasteiger partial charge in [-0.15, -0.1) is 0 Å². The first kappa shape index (κ1) is 17.9. The number of pyridine rings is 1. The molecule has 1 aromatic heterocycles. The maximum atomic E-state index is 12.0. The molecule has 1 heterocycles. The van der Waals surface area contributed by atoms with Crippen LogP contribution >= 0.6 is 0 Å². The van der Waals surface area contributed by atoms with Gasteiger partial charge in [0, 0.05) is 18.2 Å². The van der Waals surface area contributed by atoms with Gasteiger partial charge in [0.15, 0.2) is 9.84 Å². The third-order valence-corrected chi connectivity index (χ3v) is 5.70. The SMILES string of the molecule is Cc1ccc(OCCS(=O)(=O)C(C)(C)C)c(CC(C)N)n1. The van der Waals surface area contributed by atoms with E-state index < -0.39 is 14.6 Å². The van der Waals surface area contributed by atoms with E-state index in [1.54, 1.807) is 20.8 Å². The van der Waals surface area contributed by atoms with Crippen LogP contribution in [0.5, 0.6) is 5.75 Å². The van der Waals surface area contributed by atoms with Crippen LogP contribution in [-0.4, -0.2) is 36.6 Å². The molecule has 0 fully saturated rings. The van der Waals surface area contributed by atoms with Gasteiger partial charge in [0.05, 0.1) is 16.2 Å². The van der Waals surface area contributed by atoms with Crippen LogP contribution in [-0.2, 0) is 16.3 Å². The monoisotopic (exact) mass is 314 g/mol. The average Bonchev–Trinajstić information content (AvgIpc) is 2.29. The third-order valence-electron chi connectivity index (χ3n) is 3.13. The number of aryl methyl sites for hydroxylation is 1. The second kappa shape index (κ2) is 6.75. The molecule has 0 aromatic carbocycles. The summed E-state index contributed by atoms with van der Waals surface area (Å²) >= 11 is 0. The Labute approximate surface area is 127 Å². The third kappa shape index (κ3) is 5.28. The zero-order chi connectivity index (χ0) is 16.3. The predicted molar refractivity (Wildman–Crippen MR) is 85.4 cm³/mol. The van der Waals surface area contributed by atoms with Gasteiger partial charge in [-0.25, -0.2) is 8.42 Å². The first-order valence-electron chi connectivity index (χ1n) is 7.10. The smallest absolute Gasteiger partial charge is 0.158 e. The molecule has 0 aliphatic rings. The Morgan fingerprint density at radius 3 is 2.48 bits per heavy atom. The number of nitrogens with two attached hydrogens (primary N) is 1. The van der Waals surface area contributed by atoms with Crippen molar-refractivity contribution in [2.24, 2.45) is 5.73 Å². The minimum Gasteiger partial charge on any atom is -0.491 e. The molecular formula is C15H26N2O3S. The van der Waals surface area contributed by atoms with Crippen molar-refractivity contribution in [1.82, 2.24) is 4.98 Å². The zero-order valence-electron chi connectivity index (χ0n) is 13.5. The molecule has 1 aromatic rings. The number of ether oxygens (including phenoxy) is 1. The number of aromatic nitrogens is 1. The summed E-state index contributed by atoms with van der Waals surface area (Å²) in [5, 5.41) is 0. The van der Waals surface area contributed by atoms with Crippen LogP contribution in [0.4, 0.5) is 0 Å². The summed E-state index contributed by atoms with van der Waals surface area (Å²) in [5.41, 5.74) is 7.47. The lowest BCUT2D eigenvalue weighted by molar-refractivity contribution is 0.333. The van der Waals surface area contributed by atoms with Gasteiger partial charge in [0.1, 0.15) is 12.4 Å². The van der Waals surface area contributed by atoms with Gasteiger partial charge < -0.3 is 10.5 Å². The minimum atomic E-state index is -3.18. The first-order chi connectivity index (χ1) is 9.53. The van der Waals surface area contributed by atoms with Crippen molar-refractivity contribution in [2.75, 3.05) is 12.4 Å². The second-order valence-corrected chi connectivity index (χ2v) is 9.22. The Balaban J connectivity index is 2.76. The number of nitrogens with zero attached hydrogens (tertiary/aromatic N) is 1. The van der Waals surface area contributed by atoms with Crippen LogP contribution in [0.2, 0.25) is 0 Å². The topological polar surface area (TPSA) is 82.3 Å². The normalized spacial score (nSPS) is 14.0. The lowest BCUT2D eigenvalue weighted by Gasteiger charge is -2.19. The fourth-order valence-electron chi connectivity index (χ4n) is 1.75. The van der Waals surface area contributed by atoms with Crippen LogP contribution in [0.3, 0.4) is 0 Å². The summed E-state index contributed by atoms with van der Waals surface area (Å²) in [6, 6.07) is 3.64. The molecule has 1 atom stereocenters. The molecule has 0 aliphatic heterocycles. The van der Waals surface area contributed by atoms with Gasteiger partial charge in [-0.2, -0.15) is 0 Å². The highest BCUT2D eigenvalue weighted by Gasteiger charge is 2.28. The van der Waals surface area contributed by atoms with Gasteiger partial charge in [-0.3, -0.25) is 4.98 Å². The van der Waals surface area contributed by atoms with Gasteiger partial charge in [-0.1, -0.05) is 0 Å². The molecule has 2 N–H and O–H groups in total. The Hall–Kier alpha value is -1.14. The molecule has 0 saturated carbocycles. The Kier molecular flexibility index (Phi) is 5.75. The highest BCUT2D eigenvalue weighted by Crippen LogP contribution is 2.20. The Morgan fingerprint density at radius 2 is 1.95 bits per heavy atom. The van der Waals surface area contributed by atoms with Crippen molar-refractivity contribution >= 4 is 9.84 Å². The quantitative estimate of drug-likeness (QED) is 0.867. The van der Waals surface area contributed by atoms with Crippen molar-refractivity contribution in [3.8, 4) is 5.75 Å². The fraction of sp³-hybridized carbons (Fsp3) is 0.667. The molecule has 0 radical (unpaired) electrons. The largest absolute Gasteiger partial charge is 0.491 e. The highest BCUT2D eigenvalue weighted by molar-refractivity contribution is 7.92. The molecule has 21 heavy (non-hydrogen) atoms. The fourth-order valence-corrected chi connectivity index (χ4v) is 2.66. The van der Waals surface area contributed by atoms with Gasteiger partial charge in [0.2, 0.25) is 0 Å². The maximum Gasteiger partial charge on any atom is 0.158 e. The van der Waals surface area contributed by atoms with Crippen LogP contribution in [0.25, 0.3) is 0 Å². The van der Waals surface area contributed by atoms with E-state index in [0.717, 1.165) is 11.4 Å². The molecule has 5 nitrogen and oxygen atoms in total. The summed E-state index contributed by atoms with van der Waals surface area (Å²) in [7, 11) is -3.18. The van der Waals surface area contributed by atoms with Crippen molar-refractivity contribution in [1.29, 1.82) is 0 Å². The van der Waals surface area contributed by atoms with E-state index in [-0.39, 0.29) is 18.4 Å². The Bertz CT molecular complexity index is 575. The standard InChI is InChI=1S/C15H26N2O3S/c1-11(16)10-13-14(7-6-12(2)17-13)20-8-9-21(18,19)15(3,4)5/h6-7,11H,8-10,16H2,1-5H3. The van der Waals surface area contributed by atoms with Crippen molar-refractivity contribution in [3.63, 3.8) is 0 Å². The van der Waals surface area contributed by atoms with E-state index in [1.807, 2.05) is 26.0 Å². The molecule has 1 rings (SSSR count).